The van der Waals surface area contributed by atoms with Crippen molar-refractivity contribution < 1.29 is 23.8 Å². The molecular formula is C19H26O5. The Kier molecular flexibility index (Phi) is 3.49. The van der Waals surface area contributed by atoms with E-state index >= 15 is 0 Å². The fourth-order valence-corrected chi connectivity index (χ4v) is 5.81. The lowest BCUT2D eigenvalue weighted by Crippen LogP contribution is -2.48. The van der Waals surface area contributed by atoms with Crippen molar-refractivity contribution in [2.75, 3.05) is 0 Å². The van der Waals surface area contributed by atoms with Gasteiger partial charge in [-0.15, -0.1) is 0 Å². The molecule has 3 fully saturated rings. The van der Waals surface area contributed by atoms with E-state index in [1.165, 1.54) is 13.3 Å². The molecule has 24 heavy (non-hydrogen) atoms. The van der Waals surface area contributed by atoms with Crippen LogP contribution in [-0.4, -0.2) is 29.9 Å². The minimum absolute atomic E-state index is 0.275. The van der Waals surface area contributed by atoms with Crippen molar-refractivity contribution in [3.63, 3.8) is 0 Å². The van der Waals surface area contributed by atoms with E-state index in [0.29, 0.717) is 29.6 Å². The zero-order chi connectivity index (χ0) is 17.2. The third-order valence-electron chi connectivity index (χ3n) is 6.21. The van der Waals surface area contributed by atoms with Gasteiger partial charge in [-0.3, -0.25) is 4.79 Å². The number of carbonyl (C=O) groups is 2. The van der Waals surface area contributed by atoms with Gasteiger partial charge >= 0.3 is 12.1 Å². The Bertz CT molecular complexity index is 589. The van der Waals surface area contributed by atoms with E-state index in [2.05, 4.69) is 12.2 Å². The van der Waals surface area contributed by atoms with Crippen LogP contribution in [0.5, 0.6) is 0 Å². The molecule has 8 unspecified atom stereocenters. The van der Waals surface area contributed by atoms with E-state index in [-0.39, 0.29) is 24.1 Å². The first-order valence-electron chi connectivity index (χ1n) is 9.00. The number of fused-ring (bicyclic) bond motifs is 9. The normalized spacial score (nSPS) is 44.5. The molecule has 5 nitrogen and oxygen atoms in total. The Morgan fingerprint density at radius 3 is 1.96 bits per heavy atom. The lowest BCUT2D eigenvalue weighted by Gasteiger charge is -2.40. The summed E-state index contributed by atoms with van der Waals surface area (Å²) in [6.45, 7) is 6.87. The number of allylic oxidation sites excluding steroid dienone is 2. The van der Waals surface area contributed by atoms with Crippen LogP contribution in [0.4, 0.5) is 4.79 Å². The fourth-order valence-electron chi connectivity index (χ4n) is 5.81. The minimum atomic E-state index is -0.660. The number of hydrogen-bond donors (Lipinski definition) is 0. The summed E-state index contributed by atoms with van der Waals surface area (Å²) in [5, 5.41) is 0. The lowest BCUT2D eigenvalue weighted by molar-refractivity contribution is -0.163. The number of carbonyl (C=O) groups excluding carboxylic acids is 2. The molecule has 4 rings (SSSR count). The Labute approximate surface area is 142 Å². The van der Waals surface area contributed by atoms with E-state index in [1.54, 1.807) is 0 Å². The minimum Gasteiger partial charge on any atom is -0.458 e. The van der Waals surface area contributed by atoms with E-state index < -0.39 is 11.8 Å². The molecule has 4 aliphatic carbocycles. The quantitative estimate of drug-likeness (QED) is 0.440. The van der Waals surface area contributed by atoms with E-state index in [9.17, 15) is 9.59 Å². The van der Waals surface area contributed by atoms with Crippen LogP contribution in [0.1, 0.15) is 40.5 Å². The maximum Gasteiger partial charge on any atom is 0.509 e. The predicted octanol–water partition coefficient (Wildman–Crippen LogP) is 3.33. The topological polar surface area (TPSA) is 61.8 Å². The van der Waals surface area contributed by atoms with Gasteiger partial charge in [-0.1, -0.05) is 12.2 Å². The van der Waals surface area contributed by atoms with Gasteiger partial charge < -0.3 is 14.2 Å². The molecule has 0 saturated heterocycles. The molecule has 4 bridgehead atoms. The third kappa shape index (κ3) is 2.44. The van der Waals surface area contributed by atoms with Gasteiger partial charge in [0.15, 0.2) is 0 Å². The molecule has 0 N–H and O–H groups in total. The van der Waals surface area contributed by atoms with Crippen molar-refractivity contribution in [2.45, 2.75) is 58.3 Å². The highest BCUT2D eigenvalue weighted by Crippen LogP contribution is 2.66. The molecule has 0 aromatic rings. The Morgan fingerprint density at radius 1 is 0.917 bits per heavy atom. The molecule has 0 amide bonds. The lowest BCUT2D eigenvalue weighted by atomic mass is 9.71. The Morgan fingerprint density at radius 2 is 1.46 bits per heavy atom. The van der Waals surface area contributed by atoms with Gasteiger partial charge in [-0.25, -0.2) is 4.79 Å². The van der Waals surface area contributed by atoms with Gasteiger partial charge in [-0.2, -0.15) is 0 Å². The first-order valence-corrected chi connectivity index (χ1v) is 9.00. The number of ether oxygens (including phenoxy) is 3. The summed E-state index contributed by atoms with van der Waals surface area (Å²) in [5.74, 6) is 2.61. The highest BCUT2D eigenvalue weighted by molar-refractivity contribution is 5.66. The van der Waals surface area contributed by atoms with Gasteiger partial charge in [0.1, 0.15) is 17.8 Å². The van der Waals surface area contributed by atoms with Gasteiger partial charge in [0.05, 0.1) is 0 Å². The van der Waals surface area contributed by atoms with Crippen LogP contribution in [0, 0.1) is 35.5 Å². The van der Waals surface area contributed by atoms with Crippen molar-refractivity contribution in [1.29, 1.82) is 0 Å². The third-order valence-corrected chi connectivity index (χ3v) is 6.21. The molecule has 0 radical (unpaired) electrons. The van der Waals surface area contributed by atoms with Crippen molar-refractivity contribution >= 4 is 12.1 Å². The molecule has 5 heteroatoms. The highest BCUT2D eigenvalue weighted by Gasteiger charge is 2.67. The van der Waals surface area contributed by atoms with Crippen LogP contribution < -0.4 is 0 Å². The summed E-state index contributed by atoms with van der Waals surface area (Å²) >= 11 is 0. The largest absolute Gasteiger partial charge is 0.509 e. The van der Waals surface area contributed by atoms with Gasteiger partial charge in [0, 0.05) is 18.8 Å². The summed E-state index contributed by atoms with van der Waals surface area (Å²) in [6, 6.07) is 0. The van der Waals surface area contributed by atoms with E-state index in [0.717, 1.165) is 6.42 Å². The molecule has 0 spiro atoms. The first-order chi connectivity index (χ1) is 11.2. The van der Waals surface area contributed by atoms with Crippen LogP contribution in [0.3, 0.4) is 0 Å². The number of esters is 1. The molecule has 8 atom stereocenters. The van der Waals surface area contributed by atoms with Gasteiger partial charge in [-0.05, 0) is 57.3 Å². The molecular weight excluding hydrogens is 308 g/mol. The highest BCUT2D eigenvalue weighted by atomic mass is 16.7. The average molecular weight is 334 g/mol. The SMILES string of the molecule is CC(=O)OC1C2CC(C1OC(=O)OC(C)(C)C)C1C3C=CC(C3)C21. The standard InChI is InChI=1S/C19H26O5/c1-9(20)22-16-12-8-13(15-11-6-5-10(7-11)14(12)15)17(16)23-18(21)24-19(2,3)4/h5-6,10-17H,7-8H2,1-4H3. The Balaban J connectivity index is 1.55. The maximum atomic E-state index is 12.2. The summed E-state index contributed by atoms with van der Waals surface area (Å²) in [7, 11) is 0. The smallest absolute Gasteiger partial charge is 0.458 e. The summed E-state index contributed by atoms with van der Waals surface area (Å²) < 4.78 is 16.6. The van der Waals surface area contributed by atoms with Crippen LogP contribution in [0.2, 0.25) is 0 Å². The second kappa shape index (κ2) is 5.24. The van der Waals surface area contributed by atoms with Gasteiger partial charge in [0.2, 0.25) is 0 Å². The summed E-state index contributed by atoms with van der Waals surface area (Å²) in [6.07, 6.45) is 5.49. The van der Waals surface area contributed by atoms with Crippen LogP contribution >= 0.6 is 0 Å². The van der Waals surface area contributed by atoms with Crippen molar-refractivity contribution in [1.82, 2.24) is 0 Å². The molecule has 0 aromatic carbocycles. The first kappa shape index (κ1) is 16.0. The summed E-state index contributed by atoms with van der Waals surface area (Å²) in [4.78, 5) is 23.8. The second-order valence-electron chi connectivity index (χ2n) is 8.79. The molecule has 3 saturated carbocycles. The van der Waals surface area contributed by atoms with E-state index in [1.807, 2.05) is 20.8 Å². The second-order valence-corrected chi connectivity index (χ2v) is 8.79. The molecule has 0 aliphatic heterocycles. The monoisotopic (exact) mass is 334 g/mol. The van der Waals surface area contributed by atoms with Crippen LogP contribution in [0.15, 0.2) is 12.2 Å². The van der Waals surface area contributed by atoms with Gasteiger partial charge in [0.25, 0.3) is 0 Å². The predicted molar refractivity (Wildman–Crippen MR) is 86.0 cm³/mol. The van der Waals surface area contributed by atoms with Crippen molar-refractivity contribution in [3.8, 4) is 0 Å². The Hall–Kier alpha value is -1.52. The maximum absolute atomic E-state index is 12.2. The zero-order valence-corrected chi connectivity index (χ0v) is 14.7. The summed E-state index contributed by atoms with van der Waals surface area (Å²) in [5.41, 5.74) is -0.594. The van der Waals surface area contributed by atoms with E-state index in [4.69, 9.17) is 14.2 Å². The van der Waals surface area contributed by atoms with Crippen LogP contribution in [0.25, 0.3) is 0 Å². The van der Waals surface area contributed by atoms with Crippen LogP contribution in [-0.2, 0) is 19.0 Å². The van der Waals surface area contributed by atoms with Crippen molar-refractivity contribution in [3.05, 3.63) is 12.2 Å². The number of rotatable bonds is 2. The fraction of sp³-hybridized carbons (Fsp3) is 0.789. The molecule has 132 valence electrons. The molecule has 4 aliphatic rings. The average Bonchev–Trinajstić information content (AvgIpc) is 3.15. The van der Waals surface area contributed by atoms with Crippen molar-refractivity contribution in [2.24, 2.45) is 35.5 Å². The number of hydrogen-bond acceptors (Lipinski definition) is 5. The molecule has 0 aromatic heterocycles. The zero-order valence-electron chi connectivity index (χ0n) is 14.7. The molecule has 0 heterocycles.